The third-order valence-electron chi connectivity index (χ3n) is 4.24. The fourth-order valence-corrected chi connectivity index (χ4v) is 3.22. The van der Waals surface area contributed by atoms with Crippen molar-refractivity contribution in [3.8, 4) is 0 Å². The molecule has 6 nitrogen and oxygen atoms in total. The van der Waals surface area contributed by atoms with Crippen LogP contribution >= 0.6 is 0 Å². The summed E-state index contributed by atoms with van der Waals surface area (Å²) in [5.74, 6) is -0.929. The lowest BCUT2D eigenvalue weighted by molar-refractivity contribution is -0.0438. The maximum Gasteiger partial charge on any atom is 0.430 e. The van der Waals surface area contributed by atoms with Gasteiger partial charge in [-0.2, -0.15) is 5.01 Å². The van der Waals surface area contributed by atoms with Crippen molar-refractivity contribution in [3.63, 3.8) is 0 Å². The molecule has 1 aromatic carbocycles. The molecule has 0 aromatic heterocycles. The Morgan fingerprint density at radius 3 is 2.04 bits per heavy atom. The van der Waals surface area contributed by atoms with Gasteiger partial charge in [0.25, 0.3) is 11.8 Å². The molecule has 1 aliphatic carbocycles. The van der Waals surface area contributed by atoms with Crippen LogP contribution in [0.3, 0.4) is 0 Å². The van der Waals surface area contributed by atoms with Crippen molar-refractivity contribution in [2.45, 2.75) is 58.1 Å². The monoisotopic (exact) mass is 330 g/mol. The van der Waals surface area contributed by atoms with Gasteiger partial charge >= 0.3 is 6.09 Å². The van der Waals surface area contributed by atoms with Gasteiger partial charge in [-0.15, -0.1) is 0 Å². The van der Waals surface area contributed by atoms with Crippen molar-refractivity contribution in [2.24, 2.45) is 0 Å². The van der Waals surface area contributed by atoms with Gasteiger partial charge in [-0.1, -0.05) is 25.0 Å². The van der Waals surface area contributed by atoms with Gasteiger partial charge in [-0.3, -0.25) is 9.59 Å². The average Bonchev–Trinajstić information content (AvgIpc) is 3.10. The van der Waals surface area contributed by atoms with E-state index in [2.05, 4.69) is 0 Å². The number of hydrogen-bond donors (Lipinski definition) is 0. The molecular weight excluding hydrogens is 308 g/mol. The molecule has 2 aliphatic rings. The van der Waals surface area contributed by atoms with Crippen LogP contribution in [0.5, 0.6) is 0 Å². The number of hydrazine groups is 1. The first-order valence-electron chi connectivity index (χ1n) is 8.29. The Kier molecular flexibility index (Phi) is 4.07. The Hall–Kier alpha value is -2.37. The minimum atomic E-state index is -0.702. The molecular formula is C18H22N2O4. The van der Waals surface area contributed by atoms with Gasteiger partial charge in [0.05, 0.1) is 17.2 Å². The first-order chi connectivity index (χ1) is 11.3. The van der Waals surface area contributed by atoms with Crippen LogP contribution in [0.4, 0.5) is 4.79 Å². The van der Waals surface area contributed by atoms with Crippen molar-refractivity contribution < 1.29 is 19.1 Å². The predicted octanol–water partition coefficient (Wildman–Crippen LogP) is 3.38. The van der Waals surface area contributed by atoms with Gasteiger partial charge in [-0.25, -0.2) is 9.80 Å². The normalized spacial score (nSPS) is 18.0. The zero-order chi connectivity index (χ0) is 17.5. The Morgan fingerprint density at radius 2 is 1.58 bits per heavy atom. The first-order valence-corrected chi connectivity index (χ1v) is 8.29. The van der Waals surface area contributed by atoms with Gasteiger partial charge in [0, 0.05) is 0 Å². The van der Waals surface area contributed by atoms with Crippen LogP contribution < -0.4 is 0 Å². The Morgan fingerprint density at radius 1 is 1.08 bits per heavy atom. The molecule has 128 valence electrons. The highest BCUT2D eigenvalue weighted by atomic mass is 16.6. The number of rotatable bonds is 2. The van der Waals surface area contributed by atoms with E-state index in [1.165, 1.54) is 5.01 Å². The van der Waals surface area contributed by atoms with E-state index in [-0.39, 0.29) is 6.04 Å². The van der Waals surface area contributed by atoms with Crippen molar-refractivity contribution >= 4 is 17.9 Å². The second kappa shape index (κ2) is 5.92. The summed E-state index contributed by atoms with van der Waals surface area (Å²) in [6.45, 7) is 5.29. The number of imide groups is 1. The Balaban J connectivity index is 1.96. The summed E-state index contributed by atoms with van der Waals surface area (Å²) in [5.41, 5.74) is -0.0461. The fourth-order valence-electron chi connectivity index (χ4n) is 3.22. The van der Waals surface area contributed by atoms with E-state index in [1.807, 2.05) is 0 Å². The summed E-state index contributed by atoms with van der Waals surface area (Å²) in [6, 6.07) is 6.44. The Labute approximate surface area is 141 Å². The third-order valence-corrected chi connectivity index (χ3v) is 4.24. The number of carbonyl (C=O) groups excluding carboxylic acids is 3. The van der Waals surface area contributed by atoms with E-state index in [4.69, 9.17) is 4.74 Å². The molecule has 3 amide bonds. The van der Waals surface area contributed by atoms with Crippen molar-refractivity contribution in [2.75, 3.05) is 0 Å². The topological polar surface area (TPSA) is 66.9 Å². The van der Waals surface area contributed by atoms with Crippen molar-refractivity contribution in [1.82, 2.24) is 10.0 Å². The van der Waals surface area contributed by atoms with Crippen molar-refractivity contribution in [1.29, 1.82) is 0 Å². The predicted molar refractivity (Wildman–Crippen MR) is 87.3 cm³/mol. The lowest BCUT2D eigenvalue weighted by atomic mass is 10.1. The first kappa shape index (κ1) is 16.5. The second-order valence-electron chi connectivity index (χ2n) is 7.23. The number of ether oxygens (including phenoxy) is 1. The van der Waals surface area contributed by atoms with Gasteiger partial charge in [-0.05, 0) is 45.7 Å². The minimum Gasteiger partial charge on any atom is -0.442 e. The fraction of sp³-hybridized carbons (Fsp3) is 0.500. The molecule has 0 radical (unpaired) electrons. The number of carbonyl (C=O) groups is 3. The molecule has 1 aliphatic heterocycles. The van der Waals surface area contributed by atoms with Gasteiger partial charge < -0.3 is 4.74 Å². The summed E-state index contributed by atoms with van der Waals surface area (Å²) in [6.07, 6.45) is 2.79. The molecule has 1 fully saturated rings. The van der Waals surface area contributed by atoms with Crippen LogP contribution in [0, 0.1) is 0 Å². The van der Waals surface area contributed by atoms with Crippen LogP contribution in [0.25, 0.3) is 0 Å². The smallest absolute Gasteiger partial charge is 0.430 e. The second-order valence-corrected chi connectivity index (χ2v) is 7.23. The van der Waals surface area contributed by atoms with E-state index in [0.29, 0.717) is 11.1 Å². The molecule has 3 rings (SSSR count). The maximum atomic E-state index is 12.7. The number of amides is 3. The molecule has 1 aromatic rings. The SMILES string of the molecule is CC(C)(C)OC(=O)N(C1CCCC1)N1C(=O)c2ccccc2C1=O. The van der Waals surface area contributed by atoms with E-state index in [9.17, 15) is 14.4 Å². The molecule has 0 unspecified atom stereocenters. The van der Waals surface area contributed by atoms with Crippen LogP contribution in [0.1, 0.15) is 67.2 Å². The Bertz CT molecular complexity index is 652. The van der Waals surface area contributed by atoms with E-state index >= 15 is 0 Å². The lowest BCUT2D eigenvalue weighted by Gasteiger charge is -2.35. The molecule has 24 heavy (non-hydrogen) atoms. The number of nitrogens with zero attached hydrogens (tertiary/aromatic N) is 2. The van der Waals surface area contributed by atoms with Gasteiger partial charge in [0.1, 0.15) is 5.60 Å². The number of fused-ring (bicyclic) bond motifs is 1. The molecule has 1 saturated carbocycles. The van der Waals surface area contributed by atoms with Crippen LogP contribution in [-0.4, -0.2) is 39.6 Å². The largest absolute Gasteiger partial charge is 0.442 e. The zero-order valence-corrected chi connectivity index (χ0v) is 14.2. The summed E-state index contributed by atoms with van der Waals surface area (Å²) in [5, 5.41) is 2.21. The standard InChI is InChI=1S/C18H22N2O4/c1-18(2,3)24-17(23)19(12-8-4-5-9-12)20-15(21)13-10-6-7-11-14(13)16(20)22/h6-7,10-12H,4-5,8-9H2,1-3H3. The van der Waals surface area contributed by atoms with Crippen molar-refractivity contribution in [3.05, 3.63) is 35.4 Å². The number of benzene rings is 1. The van der Waals surface area contributed by atoms with E-state index in [1.54, 1.807) is 45.0 Å². The highest BCUT2D eigenvalue weighted by Gasteiger charge is 2.45. The maximum absolute atomic E-state index is 12.7. The minimum absolute atomic E-state index is 0.193. The van der Waals surface area contributed by atoms with E-state index in [0.717, 1.165) is 30.7 Å². The van der Waals surface area contributed by atoms with E-state index < -0.39 is 23.5 Å². The lowest BCUT2D eigenvalue weighted by Crippen LogP contribution is -2.55. The summed E-state index contributed by atoms with van der Waals surface area (Å²) < 4.78 is 5.46. The summed E-state index contributed by atoms with van der Waals surface area (Å²) in [7, 11) is 0. The van der Waals surface area contributed by atoms with Gasteiger partial charge in [0.2, 0.25) is 0 Å². The highest BCUT2D eigenvalue weighted by molar-refractivity contribution is 6.21. The van der Waals surface area contributed by atoms with Crippen LogP contribution in [-0.2, 0) is 4.74 Å². The zero-order valence-electron chi connectivity index (χ0n) is 14.2. The summed E-state index contributed by atoms with van der Waals surface area (Å²) in [4.78, 5) is 38.2. The third kappa shape index (κ3) is 2.88. The van der Waals surface area contributed by atoms with Gasteiger partial charge in [0.15, 0.2) is 0 Å². The quantitative estimate of drug-likeness (QED) is 0.780. The molecule has 0 atom stereocenters. The molecule has 0 saturated heterocycles. The molecule has 0 bridgehead atoms. The molecule has 0 N–H and O–H groups in total. The molecule has 6 heteroatoms. The molecule has 1 heterocycles. The molecule has 0 spiro atoms. The highest BCUT2D eigenvalue weighted by Crippen LogP contribution is 2.31. The van der Waals surface area contributed by atoms with Crippen LogP contribution in [0.2, 0.25) is 0 Å². The number of hydrogen-bond acceptors (Lipinski definition) is 4. The average molecular weight is 330 g/mol. The van der Waals surface area contributed by atoms with Crippen LogP contribution in [0.15, 0.2) is 24.3 Å². The summed E-state index contributed by atoms with van der Waals surface area (Å²) >= 11 is 0.